The van der Waals surface area contributed by atoms with Gasteiger partial charge in [-0.05, 0) is 25.5 Å². The number of nitrogens with one attached hydrogen (secondary N) is 1. The minimum Gasteiger partial charge on any atom is -0.385 e. The van der Waals surface area contributed by atoms with E-state index >= 15 is 0 Å². The van der Waals surface area contributed by atoms with Gasteiger partial charge in [-0.2, -0.15) is 0 Å². The van der Waals surface area contributed by atoms with Crippen LogP contribution in [0.25, 0.3) is 5.65 Å². The van der Waals surface area contributed by atoms with Crippen LogP contribution in [0.15, 0.2) is 18.3 Å². The summed E-state index contributed by atoms with van der Waals surface area (Å²) in [5.41, 5.74) is 1.27. The van der Waals surface area contributed by atoms with Gasteiger partial charge < -0.3 is 10.1 Å². The van der Waals surface area contributed by atoms with E-state index in [4.69, 9.17) is 4.74 Å². The van der Waals surface area contributed by atoms with Crippen molar-refractivity contribution in [2.45, 2.75) is 13.3 Å². The van der Waals surface area contributed by atoms with Crippen molar-refractivity contribution in [2.24, 2.45) is 0 Å². The molecular weight excluding hydrogens is 232 g/mol. The Balaban J connectivity index is 2.04. The first-order chi connectivity index (χ1) is 8.72. The third-order valence-electron chi connectivity index (χ3n) is 2.65. The third-order valence-corrected chi connectivity index (χ3v) is 2.65. The van der Waals surface area contributed by atoms with Crippen molar-refractivity contribution >= 4 is 11.6 Å². The summed E-state index contributed by atoms with van der Waals surface area (Å²) in [6.07, 6.45) is 2.60. The lowest BCUT2D eigenvalue weighted by atomic mass is 10.2. The van der Waals surface area contributed by atoms with Crippen LogP contribution in [-0.4, -0.2) is 40.8 Å². The minimum atomic E-state index is -0.103. The fraction of sp³-hybridized carbons (Fsp3) is 0.417. The van der Waals surface area contributed by atoms with Crippen molar-refractivity contribution in [1.82, 2.24) is 19.9 Å². The number of aromatic nitrogens is 3. The van der Waals surface area contributed by atoms with Crippen LogP contribution in [0.1, 0.15) is 22.6 Å². The van der Waals surface area contributed by atoms with E-state index < -0.39 is 0 Å². The van der Waals surface area contributed by atoms with Gasteiger partial charge in [0.25, 0.3) is 5.91 Å². The number of fused-ring (bicyclic) bond motifs is 1. The van der Waals surface area contributed by atoms with Gasteiger partial charge in [-0.3, -0.25) is 9.20 Å². The number of ether oxygens (including phenoxy) is 1. The predicted octanol–water partition coefficient (Wildman–Crippen LogP) is 0.804. The molecule has 0 radical (unpaired) electrons. The number of amides is 1. The van der Waals surface area contributed by atoms with E-state index in [0.29, 0.717) is 24.4 Å². The van der Waals surface area contributed by atoms with Crippen molar-refractivity contribution in [3.63, 3.8) is 0 Å². The molecule has 1 N–H and O–H groups in total. The van der Waals surface area contributed by atoms with Crippen molar-refractivity contribution in [1.29, 1.82) is 0 Å². The molecule has 0 saturated heterocycles. The first-order valence-electron chi connectivity index (χ1n) is 5.81. The molecular formula is C12H16N4O2. The lowest BCUT2D eigenvalue weighted by Crippen LogP contribution is -2.25. The zero-order chi connectivity index (χ0) is 13.0. The van der Waals surface area contributed by atoms with Crippen molar-refractivity contribution in [3.8, 4) is 0 Å². The Morgan fingerprint density at radius 3 is 3.11 bits per heavy atom. The van der Waals surface area contributed by atoms with Gasteiger partial charge in [0.05, 0.1) is 0 Å². The molecule has 0 aliphatic heterocycles. The first-order valence-corrected chi connectivity index (χ1v) is 5.81. The highest BCUT2D eigenvalue weighted by Gasteiger charge is 2.07. The second kappa shape index (κ2) is 5.59. The maximum Gasteiger partial charge on any atom is 0.251 e. The zero-order valence-corrected chi connectivity index (χ0v) is 10.5. The molecule has 0 atom stereocenters. The highest BCUT2D eigenvalue weighted by molar-refractivity contribution is 5.94. The standard InChI is InChI=1S/C12H16N4O2/c1-9-14-15-11-8-10(4-6-16(9)11)12(17)13-5-3-7-18-2/h4,6,8H,3,5,7H2,1-2H3,(H,13,17). The van der Waals surface area contributed by atoms with Crippen molar-refractivity contribution in [2.75, 3.05) is 20.3 Å². The largest absolute Gasteiger partial charge is 0.385 e. The molecule has 6 nitrogen and oxygen atoms in total. The van der Waals surface area contributed by atoms with Crippen LogP contribution in [0, 0.1) is 6.92 Å². The number of nitrogens with zero attached hydrogens (tertiary/aromatic N) is 3. The Morgan fingerprint density at radius 2 is 2.33 bits per heavy atom. The molecule has 0 spiro atoms. The highest BCUT2D eigenvalue weighted by Crippen LogP contribution is 2.06. The molecule has 0 bridgehead atoms. The number of hydrogen-bond acceptors (Lipinski definition) is 4. The quantitative estimate of drug-likeness (QED) is 0.795. The normalized spacial score (nSPS) is 10.8. The fourth-order valence-electron chi connectivity index (χ4n) is 1.67. The summed E-state index contributed by atoms with van der Waals surface area (Å²) in [6, 6.07) is 3.49. The van der Waals surface area contributed by atoms with Gasteiger partial charge in [0.2, 0.25) is 0 Å². The molecule has 0 unspecified atom stereocenters. The van der Waals surface area contributed by atoms with E-state index in [-0.39, 0.29) is 5.91 Å². The lowest BCUT2D eigenvalue weighted by molar-refractivity contribution is 0.0948. The van der Waals surface area contributed by atoms with E-state index in [1.54, 1.807) is 25.4 Å². The molecule has 2 aromatic rings. The molecule has 0 aliphatic rings. The number of carbonyl (C=O) groups is 1. The molecule has 0 fully saturated rings. The predicted molar refractivity (Wildman–Crippen MR) is 66.6 cm³/mol. The van der Waals surface area contributed by atoms with Crippen LogP contribution in [0.3, 0.4) is 0 Å². The van der Waals surface area contributed by atoms with E-state index in [1.165, 1.54) is 0 Å². The Kier molecular flexibility index (Phi) is 3.88. The number of hydrogen-bond donors (Lipinski definition) is 1. The van der Waals surface area contributed by atoms with Crippen molar-refractivity contribution in [3.05, 3.63) is 29.7 Å². The SMILES string of the molecule is COCCCNC(=O)c1ccn2c(C)nnc2c1. The van der Waals surface area contributed by atoms with Gasteiger partial charge in [0.15, 0.2) is 5.65 Å². The summed E-state index contributed by atoms with van der Waals surface area (Å²) in [6.45, 7) is 3.11. The zero-order valence-electron chi connectivity index (χ0n) is 10.5. The Hall–Kier alpha value is -1.95. The van der Waals surface area contributed by atoms with Crippen molar-refractivity contribution < 1.29 is 9.53 Å². The van der Waals surface area contributed by atoms with Crippen LogP contribution >= 0.6 is 0 Å². The number of rotatable bonds is 5. The third kappa shape index (κ3) is 2.65. The maximum atomic E-state index is 11.8. The van der Waals surface area contributed by atoms with Crippen LogP contribution in [0.2, 0.25) is 0 Å². The van der Waals surface area contributed by atoms with E-state index in [2.05, 4.69) is 15.5 Å². The average molecular weight is 248 g/mol. The summed E-state index contributed by atoms with van der Waals surface area (Å²) in [5.74, 6) is 0.700. The smallest absolute Gasteiger partial charge is 0.251 e. The van der Waals surface area contributed by atoms with Gasteiger partial charge in [0, 0.05) is 32.0 Å². The number of carbonyl (C=O) groups excluding carboxylic acids is 1. The molecule has 0 aliphatic carbocycles. The second-order valence-corrected chi connectivity index (χ2v) is 3.99. The highest BCUT2D eigenvalue weighted by atomic mass is 16.5. The fourth-order valence-corrected chi connectivity index (χ4v) is 1.67. The van der Waals surface area contributed by atoms with Crippen LogP contribution in [0.4, 0.5) is 0 Å². The van der Waals surface area contributed by atoms with E-state index in [0.717, 1.165) is 12.2 Å². The molecule has 18 heavy (non-hydrogen) atoms. The van der Waals surface area contributed by atoms with Gasteiger partial charge in [0.1, 0.15) is 5.82 Å². The summed E-state index contributed by atoms with van der Waals surface area (Å²) in [7, 11) is 1.64. The molecule has 0 aromatic carbocycles. The second-order valence-electron chi connectivity index (χ2n) is 3.99. The van der Waals surface area contributed by atoms with E-state index in [1.807, 2.05) is 11.3 Å². The minimum absolute atomic E-state index is 0.103. The summed E-state index contributed by atoms with van der Waals surface area (Å²) >= 11 is 0. The van der Waals surface area contributed by atoms with Crippen LogP contribution in [0.5, 0.6) is 0 Å². The van der Waals surface area contributed by atoms with Crippen LogP contribution in [-0.2, 0) is 4.74 Å². The molecule has 2 aromatic heterocycles. The average Bonchev–Trinajstić information content (AvgIpc) is 2.76. The molecule has 0 saturated carbocycles. The van der Waals surface area contributed by atoms with Gasteiger partial charge >= 0.3 is 0 Å². The Labute approximate surface area is 105 Å². The summed E-state index contributed by atoms with van der Waals surface area (Å²) < 4.78 is 6.75. The lowest BCUT2D eigenvalue weighted by Gasteiger charge is -2.05. The number of aryl methyl sites for hydroxylation is 1. The van der Waals surface area contributed by atoms with E-state index in [9.17, 15) is 4.79 Å². The Bertz CT molecular complexity index is 550. The first kappa shape index (κ1) is 12.5. The molecule has 6 heteroatoms. The Morgan fingerprint density at radius 1 is 1.50 bits per heavy atom. The van der Waals surface area contributed by atoms with Gasteiger partial charge in [-0.25, -0.2) is 0 Å². The van der Waals surface area contributed by atoms with Gasteiger partial charge in [-0.1, -0.05) is 0 Å². The monoisotopic (exact) mass is 248 g/mol. The number of methoxy groups -OCH3 is 1. The molecule has 1 amide bonds. The number of pyridine rings is 1. The summed E-state index contributed by atoms with van der Waals surface area (Å²) in [5, 5.41) is 10.8. The van der Waals surface area contributed by atoms with Crippen LogP contribution < -0.4 is 5.32 Å². The molecule has 2 heterocycles. The topological polar surface area (TPSA) is 68.5 Å². The van der Waals surface area contributed by atoms with Gasteiger partial charge in [-0.15, -0.1) is 10.2 Å². The summed E-state index contributed by atoms with van der Waals surface area (Å²) in [4.78, 5) is 11.8. The molecule has 96 valence electrons. The molecule has 2 rings (SSSR count). The maximum absolute atomic E-state index is 11.8.